The molecular weight excluding hydrogens is 320 g/mol. The molecule has 9 heteroatoms. The van der Waals surface area contributed by atoms with Crippen LogP contribution in [0.4, 0.5) is 17.6 Å². The Morgan fingerprint density at radius 1 is 1.35 bits per heavy atom. The Bertz CT molecular complexity index is 633. The number of alkyl halides is 3. The summed E-state index contributed by atoms with van der Waals surface area (Å²) in [5.41, 5.74) is 3.30. The van der Waals surface area contributed by atoms with E-state index in [-0.39, 0.29) is 13.2 Å². The van der Waals surface area contributed by atoms with Gasteiger partial charge in [0.25, 0.3) is 5.91 Å². The van der Waals surface area contributed by atoms with Crippen LogP contribution in [0.15, 0.2) is 18.2 Å². The number of primary amides is 1. The van der Waals surface area contributed by atoms with E-state index in [0.717, 1.165) is 4.90 Å². The van der Waals surface area contributed by atoms with Gasteiger partial charge in [0.05, 0.1) is 23.8 Å². The molecule has 126 valence electrons. The standard InChI is InChI=1S/C14H14F4N2O3/c1-7-11(12(19)21)20(4-5-23-7)13(22)9-6-8(14(16,17)18)2-3-10(9)15/h2-3,6-7,11H,4-5H2,1H3,(H2,19,21)/t7-,11+/m1/s1. The van der Waals surface area contributed by atoms with Crippen LogP contribution in [0, 0.1) is 5.82 Å². The third-order valence-corrected chi connectivity index (χ3v) is 3.57. The molecule has 23 heavy (non-hydrogen) atoms. The Hall–Kier alpha value is -2.16. The van der Waals surface area contributed by atoms with Gasteiger partial charge in [0.1, 0.15) is 11.9 Å². The van der Waals surface area contributed by atoms with Crippen molar-refractivity contribution in [2.45, 2.75) is 25.2 Å². The predicted molar refractivity (Wildman–Crippen MR) is 70.8 cm³/mol. The first-order valence-corrected chi connectivity index (χ1v) is 6.71. The molecule has 5 nitrogen and oxygen atoms in total. The van der Waals surface area contributed by atoms with Crippen molar-refractivity contribution in [3.63, 3.8) is 0 Å². The summed E-state index contributed by atoms with van der Waals surface area (Å²) < 4.78 is 57.2. The van der Waals surface area contributed by atoms with Crippen LogP contribution in [-0.2, 0) is 15.7 Å². The normalized spacial score (nSPS) is 22.0. The second-order valence-electron chi connectivity index (χ2n) is 5.11. The third kappa shape index (κ3) is 3.44. The summed E-state index contributed by atoms with van der Waals surface area (Å²) in [5.74, 6) is -3.02. The minimum Gasteiger partial charge on any atom is -0.374 e. The lowest BCUT2D eigenvalue weighted by atomic mass is 10.0. The van der Waals surface area contributed by atoms with Crippen LogP contribution in [0.25, 0.3) is 0 Å². The van der Waals surface area contributed by atoms with E-state index in [1.54, 1.807) is 0 Å². The maximum Gasteiger partial charge on any atom is 0.416 e. The maximum absolute atomic E-state index is 13.8. The van der Waals surface area contributed by atoms with Gasteiger partial charge in [-0.2, -0.15) is 13.2 Å². The SMILES string of the molecule is C[C@H]1OCCN(C(=O)c2cc(C(F)(F)F)ccc2F)[C@@H]1C(N)=O. The highest BCUT2D eigenvalue weighted by atomic mass is 19.4. The maximum atomic E-state index is 13.8. The number of nitrogens with zero attached hydrogens (tertiary/aromatic N) is 1. The van der Waals surface area contributed by atoms with E-state index in [4.69, 9.17) is 10.5 Å². The zero-order valence-corrected chi connectivity index (χ0v) is 12.1. The molecule has 0 spiro atoms. The van der Waals surface area contributed by atoms with E-state index in [1.807, 2.05) is 0 Å². The van der Waals surface area contributed by atoms with Gasteiger partial charge in [0.15, 0.2) is 0 Å². The fourth-order valence-corrected chi connectivity index (χ4v) is 2.45. The molecule has 1 saturated heterocycles. The number of morpholine rings is 1. The second kappa shape index (κ2) is 6.15. The first kappa shape index (κ1) is 17.2. The highest BCUT2D eigenvalue weighted by molar-refractivity contribution is 5.98. The Kier molecular flexibility index (Phi) is 4.60. The van der Waals surface area contributed by atoms with Crippen LogP contribution in [0.5, 0.6) is 0 Å². The molecule has 1 aromatic rings. The smallest absolute Gasteiger partial charge is 0.374 e. The van der Waals surface area contributed by atoms with Crippen molar-refractivity contribution in [2.24, 2.45) is 5.73 Å². The van der Waals surface area contributed by atoms with Crippen molar-refractivity contribution in [1.29, 1.82) is 0 Å². The highest BCUT2D eigenvalue weighted by Crippen LogP contribution is 2.31. The highest BCUT2D eigenvalue weighted by Gasteiger charge is 2.39. The number of rotatable bonds is 2. The molecule has 1 aromatic carbocycles. The van der Waals surface area contributed by atoms with Crippen LogP contribution in [0.1, 0.15) is 22.8 Å². The van der Waals surface area contributed by atoms with Crippen molar-refractivity contribution < 1.29 is 31.9 Å². The van der Waals surface area contributed by atoms with Gasteiger partial charge in [-0.3, -0.25) is 9.59 Å². The van der Waals surface area contributed by atoms with Gasteiger partial charge >= 0.3 is 6.18 Å². The minimum atomic E-state index is -4.72. The topological polar surface area (TPSA) is 72.6 Å². The molecule has 2 N–H and O–H groups in total. The van der Waals surface area contributed by atoms with Gasteiger partial charge in [0.2, 0.25) is 5.91 Å². The number of benzene rings is 1. The van der Waals surface area contributed by atoms with Crippen molar-refractivity contribution in [3.8, 4) is 0 Å². The van der Waals surface area contributed by atoms with E-state index in [2.05, 4.69) is 0 Å². The Morgan fingerprint density at radius 2 is 2.00 bits per heavy atom. The molecule has 2 atom stereocenters. The lowest BCUT2D eigenvalue weighted by molar-refractivity contribution is -0.138. The monoisotopic (exact) mass is 334 g/mol. The summed E-state index contributed by atoms with van der Waals surface area (Å²) >= 11 is 0. The van der Waals surface area contributed by atoms with E-state index >= 15 is 0 Å². The molecular formula is C14H14F4N2O3. The molecule has 2 amide bonds. The van der Waals surface area contributed by atoms with Gasteiger partial charge in [-0.1, -0.05) is 0 Å². The first-order chi connectivity index (χ1) is 10.6. The molecule has 1 aliphatic heterocycles. The van der Waals surface area contributed by atoms with Gasteiger partial charge in [-0.25, -0.2) is 4.39 Å². The van der Waals surface area contributed by atoms with E-state index in [1.165, 1.54) is 6.92 Å². The van der Waals surface area contributed by atoms with Crippen molar-refractivity contribution >= 4 is 11.8 Å². The summed E-state index contributed by atoms with van der Waals surface area (Å²) in [6.45, 7) is 1.49. The molecule has 0 saturated carbocycles. The van der Waals surface area contributed by atoms with E-state index in [0.29, 0.717) is 18.2 Å². The largest absolute Gasteiger partial charge is 0.416 e. The molecule has 1 aliphatic rings. The second-order valence-corrected chi connectivity index (χ2v) is 5.11. The first-order valence-electron chi connectivity index (χ1n) is 6.71. The minimum absolute atomic E-state index is 0.0667. The fraction of sp³-hybridized carbons (Fsp3) is 0.429. The molecule has 1 heterocycles. The quantitative estimate of drug-likeness (QED) is 0.834. The molecule has 1 fully saturated rings. The number of halogens is 4. The summed E-state index contributed by atoms with van der Waals surface area (Å²) in [5, 5.41) is 0. The van der Waals surface area contributed by atoms with Crippen molar-refractivity contribution in [3.05, 3.63) is 35.1 Å². The average molecular weight is 334 g/mol. The number of ether oxygens (including phenoxy) is 1. The van der Waals surface area contributed by atoms with Crippen LogP contribution in [0.2, 0.25) is 0 Å². The van der Waals surface area contributed by atoms with Gasteiger partial charge < -0.3 is 15.4 Å². The van der Waals surface area contributed by atoms with Gasteiger partial charge in [0, 0.05) is 6.54 Å². The number of carbonyl (C=O) groups excluding carboxylic acids is 2. The Balaban J connectivity index is 2.41. The van der Waals surface area contributed by atoms with Gasteiger partial charge in [-0.15, -0.1) is 0 Å². The summed E-state index contributed by atoms with van der Waals surface area (Å²) in [7, 11) is 0. The number of hydrogen-bond donors (Lipinski definition) is 1. The third-order valence-electron chi connectivity index (χ3n) is 3.57. The molecule has 2 rings (SSSR count). The van der Waals surface area contributed by atoms with Crippen molar-refractivity contribution in [2.75, 3.05) is 13.2 Å². The fourth-order valence-electron chi connectivity index (χ4n) is 2.45. The molecule has 0 bridgehead atoms. The molecule has 0 aliphatic carbocycles. The number of amides is 2. The Labute approximate surface area is 129 Å². The Morgan fingerprint density at radius 3 is 2.57 bits per heavy atom. The number of nitrogens with two attached hydrogens (primary N) is 1. The average Bonchev–Trinajstić information content (AvgIpc) is 2.45. The van der Waals surface area contributed by atoms with E-state index < -0.39 is 47.1 Å². The lowest BCUT2D eigenvalue weighted by Gasteiger charge is -2.38. The summed E-state index contributed by atoms with van der Waals surface area (Å²) in [4.78, 5) is 24.9. The lowest BCUT2D eigenvalue weighted by Crippen LogP contribution is -2.58. The molecule has 0 unspecified atom stereocenters. The zero-order valence-electron chi connectivity index (χ0n) is 12.1. The summed E-state index contributed by atoms with van der Waals surface area (Å²) in [6, 6.07) is 0.361. The molecule has 0 aromatic heterocycles. The zero-order chi connectivity index (χ0) is 17.4. The number of carbonyl (C=O) groups is 2. The molecule has 0 radical (unpaired) electrons. The number of hydrogen-bond acceptors (Lipinski definition) is 3. The van der Waals surface area contributed by atoms with E-state index in [9.17, 15) is 27.2 Å². The van der Waals surface area contributed by atoms with Crippen molar-refractivity contribution in [1.82, 2.24) is 4.90 Å². The van der Waals surface area contributed by atoms with Crippen LogP contribution >= 0.6 is 0 Å². The van der Waals surface area contributed by atoms with Crippen LogP contribution in [0.3, 0.4) is 0 Å². The van der Waals surface area contributed by atoms with Crippen LogP contribution < -0.4 is 5.73 Å². The summed E-state index contributed by atoms with van der Waals surface area (Å²) in [6.07, 6.45) is -5.46. The van der Waals surface area contributed by atoms with Gasteiger partial charge in [-0.05, 0) is 25.1 Å². The van der Waals surface area contributed by atoms with Crippen LogP contribution in [-0.4, -0.2) is 42.0 Å². The predicted octanol–water partition coefficient (Wildman–Crippen LogP) is 1.56.